The lowest BCUT2D eigenvalue weighted by Gasteiger charge is -2.36. The number of nitrogens with one attached hydrogen (secondary N) is 3. The van der Waals surface area contributed by atoms with Gasteiger partial charge in [-0.15, -0.1) is 0 Å². The predicted octanol–water partition coefficient (Wildman–Crippen LogP) is 5.16. The van der Waals surface area contributed by atoms with Crippen molar-refractivity contribution in [3.63, 3.8) is 0 Å². The zero-order valence-corrected chi connectivity index (χ0v) is 33.0. The highest BCUT2D eigenvalue weighted by Crippen LogP contribution is 2.40. The molecule has 2 aromatic rings. The molecule has 2 aromatic carbocycles. The van der Waals surface area contributed by atoms with Gasteiger partial charge in [-0.25, -0.2) is 9.59 Å². The fourth-order valence-corrected chi connectivity index (χ4v) is 6.86. The first kappa shape index (κ1) is 42.1. The number of ether oxygens (including phenoxy) is 2. The maximum absolute atomic E-state index is 14.0. The molecule has 2 heterocycles. The van der Waals surface area contributed by atoms with Crippen molar-refractivity contribution in [1.29, 1.82) is 0 Å². The summed E-state index contributed by atoms with van der Waals surface area (Å²) in [4.78, 5) is 83.1. The molecule has 13 nitrogen and oxygen atoms in total. The van der Waals surface area contributed by atoms with E-state index in [9.17, 15) is 28.8 Å². The highest BCUT2D eigenvalue weighted by Gasteiger charge is 2.40. The van der Waals surface area contributed by atoms with Crippen molar-refractivity contribution >= 4 is 47.3 Å². The molecular formula is C40H54ClN5O8. The Morgan fingerprint density at radius 3 is 2.11 bits per heavy atom. The summed E-state index contributed by atoms with van der Waals surface area (Å²) < 4.78 is 11.5. The van der Waals surface area contributed by atoms with E-state index in [1.165, 1.54) is 9.80 Å². The van der Waals surface area contributed by atoms with Crippen molar-refractivity contribution < 1.29 is 38.2 Å². The van der Waals surface area contributed by atoms with Crippen molar-refractivity contribution in [2.75, 3.05) is 32.7 Å². The summed E-state index contributed by atoms with van der Waals surface area (Å²) >= 11 is 6.33. The van der Waals surface area contributed by atoms with Gasteiger partial charge in [-0.1, -0.05) is 81.8 Å². The van der Waals surface area contributed by atoms with Crippen molar-refractivity contribution in [3.05, 3.63) is 70.7 Å². The number of carbonyl (C=O) groups excluding carboxylic acids is 6. The lowest BCUT2D eigenvalue weighted by atomic mass is 9.76. The number of ketones is 1. The van der Waals surface area contributed by atoms with Gasteiger partial charge in [0.15, 0.2) is 0 Å². The second-order valence-electron chi connectivity index (χ2n) is 16.0. The zero-order chi connectivity index (χ0) is 39.8. The van der Waals surface area contributed by atoms with Crippen LogP contribution in [0.2, 0.25) is 5.02 Å². The summed E-state index contributed by atoms with van der Waals surface area (Å²) in [6, 6.07) is 14.1. The third kappa shape index (κ3) is 11.4. The number of rotatable bonds is 13. The van der Waals surface area contributed by atoms with E-state index in [1.807, 2.05) is 76.2 Å². The van der Waals surface area contributed by atoms with E-state index in [1.54, 1.807) is 26.8 Å². The Morgan fingerprint density at radius 1 is 0.889 bits per heavy atom. The van der Waals surface area contributed by atoms with Crippen LogP contribution in [-0.4, -0.2) is 95.9 Å². The monoisotopic (exact) mass is 767 g/mol. The zero-order valence-electron chi connectivity index (χ0n) is 32.3. The standard InChI is InChI=1S/C40H54ClN5O8/c1-25(2)22-31(44-37(51)53-33(26-12-9-8-10-13-26)40(6,7)28-14-11-15-29(41)24-28)35(49)43-30(23-27-16-17-42-34(27)48)32(47)36(50)45-18-20-46(21-19-45)38(52)54-39(3,4)5/h8-15,24-25,27,30-31,33H,16-23H2,1-7H3,(H,42,48)(H,43,49)(H,44,51)/t27-,30-,31-,33?/m0/s1. The number of benzene rings is 2. The molecule has 5 amide bonds. The molecular weight excluding hydrogens is 714 g/mol. The van der Waals surface area contributed by atoms with Gasteiger partial charge < -0.3 is 35.2 Å². The Morgan fingerprint density at radius 2 is 1.54 bits per heavy atom. The van der Waals surface area contributed by atoms with Gasteiger partial charge in [0.1, 0.15) is 17.7 Å². The van der Waals surface area contributed by atoms with E-state index < -0.39 is 64.9 Å². The van der Waals surface area contributed by atoms with E-state index in [-0.39, 0.29) is 50.8 Å². The molecule has 4 atom stereocenters. The van der Waals surface area contributed by atoms with E-state index >= 15 is 0 Å². The third-order valence-electron chi connectivity index (χ3n) is 9.61. The first-order valence-corrected chi connectivity index (χ1v) is 18.9. The molecule has 14 heteroatoms. The van der Waals surface area contributed by atoms with E-state index in [4.69, 9.17) is 21.1 Å². The Balaban J connectivity index is 1.51. The molecule has 3 N–H and O–H groups in total. The summed E-state index contributed by atoms with van der Waals surface area (Å²) in [6.07, 6.45) is -1.61. The maximum Gasteiger partial charge on any atom is 0.410 e. The third-order valence-corrected chi connectivity index (χ3v) is 9.85. The maximum atomic E-state index is 14.0. The van der Waals surface area contributed by atoms with Gasteiger partial charge in [-0.3, -0.25) is 19.2 Å². The SMILES string of the molecule is CC(C)C[C@H](NC(=O)OC(c1ccccc1)C(C)(C)c1cccc(Cl)c1)C(=O)N[C@@H](C[C@@H]1CCNC1=O)C(=O)C(=O)N1CCN(C(=O)OC(C)(C)C)CC1. The van der Waals surface area contributed by atoms with Gasteiger partial charge >= 0.3 is 12.2 Å². The lowest BCUT2D eigenvalue weighted by molar-refractivity contribution is -0.147. The summed E-state index contributed by atoms with van der Waals surface area (Å²) in [5.41, 5.74) is 0.126. The Labute approximate surface area is 322 Å². The van der Waals surface area contributed by atoms with Crippen LogP contribution in [0.5, 0.6) is 0 Å². The minimum absolute atomic E-state index is 0.0634. The van der Waals surface area contributed by atoms with Crippen LogP contribution >= 0.6 is 11.6 Å². The van der Waals surface area contributed by atoms with Crippen LogP contribution in [0.3, 0.4) is 0 Å². The van der Waals surface area contributed by atoms with Gasteiger partial charge in [0.2, 0.25) is 17.6 Å². The fraction of sp³-hybridized carbons (Fsp3) is 0.550. The molecule has 0 spiro atoms. The fourth-order valence-electron chi connectivity index (χ4n) is 6.67. The average Bonchev–Trinajstić information content (AvgIpc) is 3.52. The molecule has 1 unspecified atom stereocenters. The first-order chi connectivity index (χ1) is 25.4. The smallest absolute Gasteiger partial charge is 0.410 e. The molecule has 2 aliphatic rings. The van der Waals surface area contributed by atoms with Gasteiger partial charge in [-0.05, 0) is 69.2 Å². The normalized spacial score (nSPS) is 17.9. The molecule has 2 aliphatic heterocycles. The van der Waals surface area contributed by atoms with Crippen LogP contribution < -0.4 is 16.0 Å². The summed E-state index contributed by atoms with van der Waals surface area (Å²) in [5.74, 6) is -3.33. The molecule has 2 saturated heterocycles. The second-order valence-corrected chi connectivity index (χ2v) is 16.4. The highest BCUT2D eigenvalue weighted by molar-refractivity contribution is 6.38. The largest absolute Gasteiger partial charge is 0.444 e. The molecule has 0 saturated carbocycles. The van der Waals surface area contributed by atoms with Crippen molar-refractivity contribution in [1.82, 2.24) is 25.8 Å². The number of nitrogens with zero attached hydrogens (tertiary/aromatic N) is 2. The Bertz CT molecular complexity index is 1670. The molecule has 0 aromatic heterocycles. The first-order valence-electron chi connectivity index (χ1n) is 18.5. The average molecular weight is 768 g/mol. The van der Waals surface area contributed by atoms with Gasteiger partial charge in [0, 0.05) is 49.1 Å². The minimum Gasteiger partial charge on any atom is -0.444 e. The van der Waals surface area contributed by atoms with Gasteiger partial charge in [0.25, 0.3) is 5.91 Å². The van der Waals surface area contributed by atoms with Crippen LogP contribution in [0.15, 0.2) is 54.6 Å². The number of alkyl carbamates (subject to hydrolysis) is 1. The van der Waals surface area contributed by atoms with Crippen molar-refractivity contribution in [2.45, 2.75) is 96.9 Å². The topological polar surface area (TPSA) is 163 Å². The Kier molecular flexibility index (Phi) is 14.1. The van der Waals surface area contributed by atoms with Gasteiger partial charge in [0.05, 0.1) is 6.04 Å². The minimum atomic E-state index is -1.34. The number of amides is 5. The summed E-state index contributed by atoms with van der Waals surface area (Å²) in [7, 11) is 0. The molecule has 0 aliphatic carbocycles. The molecule has 294 valence electrons. The van der Waals surface area contributed by atoms with E-state index in [0.29, 0.717) is 18.0 Å². The molecule has 0 radical (unpaired) electrons. The number of hydrogen-bond donors (Lipinski definition) is 3. The molecule has 2 fully saturated rings. The van der Waals surface area contributed by atoms with E-state index in [2.05, 4.69) is 16.0 Å². The van der Waals surface area contributed by atoms with Gasteiger partial charge in [-0.2, -0.15) is 0 Å². The number of hydrogen-bond acceptors (Lipinski definition) is 8. The highest BCUT2D eigenvalue weighted by atomic mass is 35.5. The van der Waals surface area contributed by atoms with Crippen LogP contribution in [0.25, 0.3) is 0 Å². The van der Waals surface area contributed by atoms with Crippen LogP contribution in [0, 0.1) is 11.8 Å². The quantitative estimate of drug-likeness (QED) is 0.236. The summed E-state index contributed by atoms with van der Waals surface area (Å²) in [6.45, 7) is 13.8. The molecule has 0 bridgehead atoms. The van der Waals surface area contributed by atoms with Crippen molar-refractivity contribution in [3.8, 4) is 0 Å². The number of carbonyl (C=O) groups is 6. The number of piperazine rings is 1. The van der Waals surface area contributed by atoms with E-state index in [0.717, 1.165) is 11.1 Å². The number of halogens is 1. The molecule has 4 rings (SSSR count). The second kappa shape index (κ2) is 18.1. The lowest BCUT2D eigenvalue weighted by Crippen LogP contribution is -2.58. The molecule has 54 heavy (non-hydrogen) atoms. The Hall–Kier alpha value is -4.65. The summed E-state index contributed by atoms with van der Waals surface area (Å²) in [5, 5.41) is 8.70. The van der Waals surface area contributed by atoms with Crippen LogP contribution in [0.1, 0.15) is 85.0 Å². The van der Waals surface area contributed by atoms with Crippen LogP contribution in [-0.2, 0) is 34.1 Å². The van der Waals surface area contributed by atoms with Crippen LogP contribution in [0.4, 0.5) is 9.59 Å². The van der Waals surface area contributed by atoms with Crippen molar-refractivity contribution in [2.24, 2.45) is 11.8 Å². The number of Topliss-reactive ketones (excluding diaryl/α,β-unsaturated/α-hetero) is 1. The predicted molar refractivity (Wildman–Crippen MR) is 204 cm³/mol.